The minimum atomic E-state index is -4.59. The average Bonchev–Trinajstić information content (AvgIpc) is 2.15. The summed E-state index contributed by atoms with van der Waals surface area (Å²) in [5.41, 5.74) is 0.670. The Hall–Kier alpha value is -1.12. The Labute approximate surface area is 96.4 Å². The number of alkyl halides is 3. The van der Waals surface area contributed by atoms with Crippen LogP contribution in [0.15, 0.2) is 29.2 Å². The summed E-state index contributed by atoms with van der Waals surface area (Å²) >= 11 is 0. The number of aryl methyl sites for hydroxylation is 1. The molecule has 1 aromatic carbocycles. The third-order valence-electron chi connectivity index (χ3n) is 1.70. The molecule has 0 radical (unpaired) electrons. The van der Waals surface area contributed by atoms with Crippen molar-refractivity contribution in [2.24, 2.45) is 0 Å². The first-order valence-corrected chi connectivity index (χ1v) is 5.96. The maximum Gasteiger partial charge on any atom is 0.413 e. The van der Waals surface area contributed by atoms with Crippen LogP contribution < -0.4 is 4.89 Å². The molecule has 0 unspecified atom stereocenters. The minimum absolute atomic E-state index is 0.153. The third kappa shape index (κ3) is 4.72. The van der Waals surface area contributed by atoms with Crippen LogP contribution in [0, 0.1) is 6.92 Å². The van der Waals surface area contributed by atoms with Gasteiger partial charge in [0.05, 0.1) is 4.90 Å². The first-order chi connectivity index (χ1) is 7.71. The molecule has 0 saturated heterocycles. The zero-order chi connectivity index (χ0) is 13.1. The molecule has 0 heterocycles. The number of hydrogen-bond acceptors (Lipinski definition) is 3. The lowest BCUT2D eigenvalue weighted by Crippen LogP contribution is -2.29. The van der Waals surface area contributed by atoms with Crippen molar-refractivity contribution in [2.75, 3.05) is 6.61 Å². The fourth-order valence-electron chi connectivity index (χ4n) is 1.02. The lowest BCUT2D eigenvalue weighted by molar-refractivity contribution is -0.181. The molecule has 0 aliphatic rings. The third-order valence-corrected chi connectivity index (χ3v) is 2.92. The van der Waals surface area contributed by atoms with Crippen molar-refractivity contribution in [1.29, 1.82) is 0 Å². The zero-order valence-corrected chi connectivity index (χ0v) is 9.60. The predicted molar refractivity (Wildman–Crippen MR) is 53.5 cm³/mol. The summed E-state index contributed by atoms with van der Waals surface area (Å²) in [5.74, 6) is 0. The van der Waals surface area contributed by atoms with Gasteiger partial charge in [-0.15, -0.1) is 0 Å². The monoisotopic (exact) mass is 269 g/mol. The van der Waals surface area contributed by atoms with Crippen molar-refractivity contribution in [3.8, 4) is 0 Å². The summed E-state index contributed by atoms with van der Waals surface area (Å²) in [4.78, 5) is 5.15. The van der Waals surface area contributed by atoms with Crippen LogP contribution in [0.4, 0.5) is 13.2 Å². The van der Waals surface area contributed by atoms with Gasteiger partial charge in [-0.25, -0.2) is 8.42 Å². The SMILES string of the molecule is Cc1cccc(S(=O)(=O)NOCC(F)(F)F)c1. The Bertz CT molecular complexity index is 485. The number of hydrogen-bond donors (Lipinski definition) is 1. The molecule has 0 bridgehead atoms. The molecule has 0 aliphatic heterocycles. The molecule has 0 spiro atoms. The number of sulfonamides is 1. The molecule has 0 fully saturated rings. The van der Waals surface area contributed by atoms with Crippen LogP contribution in [-0.2, 0) is 14.9 Å². The number of rotatable bonds is 4. The Morgan fingerprint density at radius 1 is 1.35 bits per heavy atom. The lowest BCUT2D eigenvalue weighted by atomic mass is 10.2. The van der Waals surface area contributed by atoms with Gasteiger partial charge < -0.3 is 0 Å². The molecular weight excluding hydrogens is 259 g/mol. The average molecular weight is 269 g/mol. The second-order valence-corrected chi connectivity index (χ2v) is 4.95. The molecule has 8 heteroatoms. The molecule has 4 nitrogen and oxygen atoms in total. The van der Waals surface area contributed by atoms with Gasteiger partial charge in [-0.05, 0) is 24.6 Å². The van der Waals surface area contributed by atoms with Gasteiger partial charge in [0, 0.05) is 0 Å². The van der Waals surface area contributed by atoms with Crippen molar-refractivity contribution in [1.82, 2.24) is 4.89 Å². The van der Waals surface area contributed by atoms with Crippen LogP contribution in [0.2, 0.25) is 0 Å². The van der Waals surface area contributed by atoms with E-state index < -0.39 is 22.8 Å². The fraction of sp³-hybridized carbons (Fsp3) is 0.333. The largest absolute Gasteiger partial charge is 0.413 e. The molecular formula is C9H10F3NO3S. The van der Waals surface area contributed by atoms with Crippen LogP contribution in [0.3, 0.4) is 0 Å². The molecule has 1 rings (SSSR count). The van der Waals surface area contributed by atoms with Gasteiger partial charge in [0.15, 0.2) is 6.61 Å². The summed E-state index contributed by atoms with van der Waals surface area (Å²) in [6, 6.07) is 5.72. The van der Waals surface area contributed by atoms with Gasteiger partial charge >= 0.3 is 6.18 Å². The van der Waals surface area contributed by atoms with E-state index in [1.54, 1.807) is 13.0 Å². The second kappa shape index (κ2) is 5.03. The van der Waals surface area contributed by atoms with E-state index in [0.29, 0.717) is 5.56 Å². The molecule has 0 aromatic heterocycles. The molecule has 1 N–H and O–H groups in total. The summed E-state index contributed by atoms with van der Waals surface area (Å²) in [6.07, 6.45) is -4.59. The quantitative estimate of drug-likeness (QED) is 0.847. The van der Waals surface area contributed by atoms with E-state index in [2.05, 4.69) is 4.84 Å². The standard InChI is InChI=1S/C9H10F3NO3S/c1-7-3-2-4-8(5-7)17(14,15)13-16-6-9(10,11)12/h2-5,13H,6H2,1H3. The number of benzene rings is 1. The maximum atomic E-state index is 11.7. The summed E-state index contributed by atoms with van der Waals surface area (Å²) in [7, 11) is -4.08. The molecule has 0 saturated carbocycles. The van der Waals surface area contributed by atoms with Crippen LogP contribution in [0.1, 0.15) is 5.56 Å². The van der Waals surface area contributed by atoms with Gasteiger partial charge in [0.2, 0.25) is 0 Å². The Kier molecular flexibility index (Phi) is 4.12. The van der Waals surface area contributed by atoms with Gasteiger partial charge in [-0.2, -0.15) is 13.2 Å². The van der Waals surface area contributed by atoms with Crippen molar-refractivity contribution in [3.05, 3.63) is 29.8 Å². The van der Waals surface area contributed by atoms with Crippen molar-refractivity contribution in [2.45, 2.75) is 18.0 Å². The highest BCUT2D eigenvalue weighted by Gasteiger charge is 2.29. The molecule has 0 amide bonds. The van der Waals surface area contributed by atoms with E-state index >= 15 is 0 Å². The van der Waals surface area contributed by atoms with Crippen molar-refractivity contribution >= 4 is 10.0 Å². The van der Waals surface area contributed by atoms with Gasteiger partial charge in [0.1, 0.15) is 0 Å². The number of nitrogens with one attached hydrogen (secondary N) is 1. The first-order valence-electron chi connectivity index (χ1n) is 4.48. The summed E-state index contributed by atoms with van der Waals surface area (Å²) in [5, 5.41) is 0. The van der Waals surface area contributed by atoms with Crippen LogP contribution in [0.5, 0.6) is 0 Å². The highest BCUT2D eigenvalue weighted by Crippen LogP contribution is 2.15. The summed E-state index contributed by atoms with van der Waals surface area (Å²) < 4.78 is 58.1. The fourth-order valence-corrected chi connectivity index (χ4v) is 1.93. The van der Waals surface area contributed by atoms with E-state index in [-0.39, 0.29) is 4.90 Å². The van der Waals surface area contributed by atoms with Crippen LogP contribution in [0.25, 0.3) is 0 Å². The van der Waals surface area contributed by atoms with E-state index in [4.69, 9.17) is 0 Å². The van der Waals surface area contributed by atoms with Gasteiger partial charge in [0.25, 0.3) is 10.0 Å². The Morgan fingerprint density at radius 3 is 2.53 bits per heavy atom. The second-order valence-electron chi connectivity index (χ2n) is 3.31. The highest BCUT2D eigenvalue weighted by atomic mass is 32.2. The van der Waals surface area contributed by atoms with Gasteiger partial charge in [-0.3, -0.25) is 4.84 Å². The smallest absolute Gasteiger partial charge is 0.277 e. The van der Waals surface area contributed by atoms with Crippen molar-refractivity contribution in [3.63, 3.8) is 0 Å². The molecule has 0 atom stereocenters. The topological polar surface area (TPSA) is 55.4 Å². The lowest BCUT2D eigenvalue weighted by Gasteiger charge is -2.09. The van der Waals surface area contributed by atoms with Crippen LogP contribution in [-0.4, -0.2) is 21.2 Å². The Balaban J connectivity index is 2.70. The van der Waals surface area contributed by atoms with E-state index in [1.807, 2.05) is 0 Å². The van der Waals surface area contributed by atoms with E-state index in [9.17, 15) is 21.6 Å². The summed E-state index contributed by atoms with van der Waals surface area (Å²) in [6.45, 7) is -0.0202. The number of halogens is 3. The zero-order valence-electron chi connectivity index (χ0n) is 8.78. The van der Waals surface area contributed by atoms with Crippen molar-refractivity contribution < 1.29 is 26.4 Å². The van der Waals surface area contributed by atoms with E-state index in [0.717, 1.165) is 0 Å². The molecule has 17 heavy (non-hydrogen) atoms. The van der Waals surface area contributed by atoms with Gasteiger partial charge in [-0.1, -0.05) is 17.0 Å². The van der Waals surface area contributed by atoms with E-state index in [1.165, 1.54) is 23.1 Å². The highest BCUT2D eigenvalue weighted by molar-refractivity contribution is 7.89. The minimum Gasteiger partial charge on any atom is -0.277 e. The van der Waals surface area contributed by atoms with Crippen LogP contribution >= 0.6 is 0 Å². The maximum absolute atomic E-state index is 11.7. The normalized spacial score (nSPS) is 12.7. The Morgan fingerprint density at radius 2 is 2.00 bits per heavy atom. The first kappa shape index (κ1) is 13.9. The molecule has 0 aliphatic carbocycles. The predicted octanol–water partition coefficient (Wildman–Crippen LogP) is 1.77. The molecule has 96 valence electrons. The molecule has 1 aromatic rings.